The number of fused-ring (bicyclic) bond motifs is 3. The van der Waals surface area contributed by atoms with Crippen LogP contribution in [0.15, 0.2) is 72.9 Å². The maximum atomic E-state index is 13.1. The van der Waals surface area contributed by atoms with Gasteiger partial charge in [-0.15, -0.1) is 0 Å². The standard InChI is InChI=1S/C23H18N2O/c24-14-7-13-23(16-21(26)17-8-2-1-3-9-17)19-11-5-4-10-18(19)22-20(23)12-6-15-25-22/h1-6,8-12,15H,7,13,16H2. The molecule has 3 aromatic rings. The van der Waals surface area contributed by atoms with Gasteiger partial charge in [0.05, 0.1) is 11.8 Å². The van der Waals surface area contributed by atoms with E-state index in [-0.39, 0.29) is 5.78 Å². The van der Waals surface area contributed by atoms with Gasteiger partial charge >= 0.3 is 0 Å². The predicted octanol–water partition coefficient (Wildman–Crippen LogP) is 4.92. The zero-order chi connectivity index (χ0) is 18.0. The quantitative estimate of drug-likeness (QED) is 0.620. The Balaban J connectivity index is 1.87. The fourth-order valence-electron chi connectivity index (χ4n) is 4.08. The van der Waals surface area contributed by atoms with Gasteiger partial charge in [0.2, 0.25) is 0 Å². The molecule has 1 atom stereocenters. The molecule has 126 valence electrons. The van der Waals surface area contributed by atoms with E-state index in [0.717, 1.165) is 22.4 Å². The number of Topliss-reactive ketones (excluding diaryl/α,β-unsaturated/α-hetero) is 1. The molecule has 1 aromatic heterocycles. The van der Waals surface area contributed by atoms with Gasteiger partial charge in [0.15, 0.2) is 5.78 Å². The average molecular weight is 338 g/mol. The SMILES string of the molecule is N#CCCC1(CC(=O)c2ccccc2)c2ccccc2-c2ncccc21. The lowest BCUT2D eigenvalue weighted by atomic mass is 9.71. The molecule has 4 rings (SSSR count). The first-order chi connectivity index (χ1) is 12.8. The van der Waals surface area contributed by atoms with Crippen LogP contribution >= 0.6 is 0 Å². The lowest BCUT2D eigenvalue weighted by molar-refractivity contribution is 0.0957. The van der Waals surface area contributed by atoms with Crippen molar-refractivity contribution in [2.75, 3.05) is 0 Å². The van der Waals surface area contributed by atoms with Crippen molar-refractivity contribution in [3.8, 4) is 17.3 Å². The minimum absolute atomic E-state index is 0.0926. The Morgan fingerprint density at radius 2 is 1.69 bits per heavy atom. The molecule has 26 heavy (non-hydrogen) atoms. The Bertz CT molecular complexity index is 956. The molecule has 0 bridgehead atoms. The summed E-state index contributed by atoms with van der Waals surface area (Å²) in [5.41, 5.74) is 4.37. The van der Waals surface area contributed by atoms with Crippen molar-refractivity contribution >= 4 is 5.78 Å². The van der Waals surface area contributed by atoms with E-state index in [4.69, 9.17) is 0 Å². The highest BCUT2D eigenvalue weighted by Crippen LogP contribution is 2.52. The molecule has 0 fully saturated rings. The van der Waals surface area contributed by atoms with Gasteiger partial charge in [-0.3, -0.25) is 9.78 Å². The largest absolute Gasteiger partial charge is 0.294 e. The number of aromatic nitrogens is 1. The second kappa shape index (κ2) is 6.57. The molecule has 2 aromatic carbocycles. The van der Waals surface area contributed by atoms with Crippen LogP contribution < -0.4 is 0 Å². The molecule has 0 saturated heterocycles. The van der Waals surface area contributed by atoms with Gasteiger partial charge in [-0.05, 0) is 23.6 Å². The molecule has 0 saturated carbocycles. The van der Waals surface area contributed by atoms with E-state index in [1.54, 1.807) is 6.20 Å². The van der Waals surface area contributed by atoms with E-state index in [1.807, 2.05) is 48.5 Å². The van der Waals surface area contributed by atoms with Crippen molar-refractivity contribution in [1.82, 2.24) is 4.98 Å². The Morgan fingerprint density at radius 1 is 0.962 bits per heavy atom. The van der Waals surface area contributed by atoms with Crippen LogP contribution in [0.3, 0.4) is 0 Å². The van der Waals surface area contributed by atoms with Crippen LogP contribution in [0, 0.1) is 11.3 Å². The number of nitrogens with zero attached hydrogens (tertiary/aromatic N) is 2. The van der Waals surface area contributed by atoms with Gasteiger partial charge < -0.3 is 0 Å². The number of hydrogen-bond acceptors (Lipinski definition) is 3. The number of pyridine rings is 1. The third-order valence-electron chi connectivity index (χ3n) is 5.24. The van der Waals surface area contributed by atoms with Gasteiger partial charge in [-0.1, -0.05) is 60.7 Å². The van der Waals surface area contributed by atoms with E-state index < -0.39 is 5.41 Å². The summed E-state index contributed by atoms with van der Waals surface area (Å²) in [6.07, 6.45) is 3.13. The molecule has 1 aliphatic rings. The molecule has 0 aliphatic heterocycles. The normalized spacial score (nSPS) is 17.2. The third kappa shape index (κ3) is 2.51. The van der Waals surface area contributed by atoms with Gasteiger partial charge in [-0.25, -0.2) is 0 Å². The highest BCUT2D eigenvalue weighted by Gasteiger charge is 2.44. The van der Waals surface area contributed by atoms with Gasteiger partial charge in [0, 0.05) is 35.6 Å². The Hall–Kier alpha value is -3.25. The second-order valence-electron chi connectivity index (χ2n) is 6.65. The van der Waals surface area contributed by atoms with Crippen molar-refractivity contribution in [2.45, 2.75) is 24.7 Å². The number of hydrogen-bond donors (Lipinski definition) is 0. The van der Waals surface area contributed by atoms with Crippen molar-refractivity contribution in [3.05, 3.63) is 89.6 Å². The highest BCUT2D eigenvalue weighted by molar-refractivity contribution is 5.98. The number of carbonyl (C=O) groups is 1. The summed E-state index contributed by atoms with van der Waals surface area (Å²) >= 11 is 0. The fraction of sp³-hybridized carbons (Fsp3) is 0.174. The van der Waals surface area contributed by atoms with E-state index in [0.29, 0.717) is 24.8 Å². The zero-order valence-corrected chi connectivity index (χ0v) is 14.4. The monoisotopic (exact) mass is 338 g/mol. The van der Waals surface area contributed by atoms with Crippen LogP contribution in [-0.4, -0.2) is 10.8 Å². The Morgan fingerprint density at radius 3 is 2.50 bits per heavy atom. The van der Waals surface area contributed by atoms with Gasteiger partial charge in [0.1, 0.15) is 0 Å². The smallest absolute Gasteiger partial charge is 0.164 e. The third-order valence-corrected chi connectivity index (χ3v) is 5.24. The van der Waals surface area contributed by atoms with Gasteiger partial charge in [-0.2, -0.15) is 5.26 Å². The number of carbonyl (C=O) groups excluding carboxylic acids is 1. The summed E-state index contributed by atoms with van der Waals surface area (Å²) < 4.78 is 0. The molecular formula is C23H18N2O. The van der Waals surface area contributed by atoms with E-state index in [1.165, 1.54) is 0 Å². The summed E-state index contributed by atoms with van der Waals surface area (Å²) in [5.74, 6) is 0.0926. The summed E-state index contributed by atoms with van der Waals surface area (Å²) in [7, 11) is 0. The van der Waals surface area contributed by atoms with E-state index in [9.17, 15) is 10.1 Å². The van der Waals surface area contributed by atoms with Crippen LogP contribution in [0.25, 0.3) is 11.3 Å². The molecule has 0 amide bonds. The number of ketones is 1. The molecule has 0 N–H and O–H groups in total. The van der Waals surface area contributed by atoms with E-state index in [2.05, 4.69) is 29.3 Å². The van der Waals surface area contributed by atoms with E-state index >= 15 is 0 Å². The second-order valence-corrected chi connectivity index (χ2v) is 6.65. The first-order valence-corrected chi connectivity index (χ1v) is 8.77. The number of benzene rings is 2. The van der Waals surface area contributed by atoms with Crippen LogP contribution in [0.1, 0.15) is 40.7 Å². The van der Waals surface area contributed by atoms with Crippen molar-refractivity contribution in [3.63, 3.8) is 0 Å². The molecule has 0 radical (unpaired) electrons. The molecule has 0 spiro atoms. The lowest BCUT2D eigenvalue weighted by Gasteiger charge is -2.30. The summed E-state index contributed by atoms with van der Waals surface area (Å²) in [6, 6.07) is 23.7. The average Bonchev–Trinajstić information content (AvgIpc) is 2.98. The summed E-state index contributed by atoms with van der Waals surface area (Å²) in [4.78, 5) is 17.7. The lowest BCUT2D eigenvalue weighted by Crippen LogP contribution is -2.29. The summed E-state index contributed by atoms with van der Waals surface area (Å²) in [6.45, 7) is 0. The molecule has 3 heteroatoms. The Kier molecular flexibility index (Phi) is 4.10. The first-order valence-electron chi connectivity index (χ1n) is 8.77. The van der Waals surface area contributed by atoms with Crippen molar-refractivity contribution in [1.29, 1.82) is 5.26 Å². The maximum absolute atomic E-state index is 13.1. The van der Waals surface area contributed by atoms with Crippen LogP contribution in [0.2, 0.25) is 0 Å². The minimum Gasteiger partial charge on any atom is -0.294 e. The van der Waals surface area contributed by atoms with Crippen LogP contribution in [0.4, 0.5) is 0 Å². The first kappa shape index (κ1) is 16.2. The van der Waals surface area contributed by atoms with Crippen LogP contribution in [-0.2, 0) is 5.41 Å². The summed E-state index contributed by atoms with van der Waals surface area (Å²) in [5, 5.41) is 9.24. The van der Waals surface area contributed by atoms with Crippen molar-refractivity contribution in [2.24, 2.45) is 0 Å². The number of rotatable bonds is 5. The predicted molar refractivity (Wildman–Crippen MR) is 101 cm³/mol. The fourth-order valence-corrected chi connectivity index (χ4v) is 4.08. The molecule has 1 heterocycles. The molecule has 1 aliphatic carbocycles. The number of nitriles is 1. The topological polar surface area (TPSA) is 53.8 Å². The highest BCUT2D eigenvalue weighted by atomic mass is 16.1. The van der Waals surface area contributed by atoms with Gasteiger partial charge in [0.25, 0.3) is 0 Å². The van der Waals surface area contributed by atoms with Crippen molar-refractivity contribution < 1.29 is 4.79 Å². The maximum Gasteiger partial charge on any atom is 0.164 e. The minimum atomic E-state index is -0.497. The van der Waals surface area contributed by atoms with Crippen LogP contribution in [0.5, 0.6) is 0 Å². The molecule has 1 unspecified atom stereocenters. The Labute approximate surface area is 153 Å². The molecule has 3 nitrogen and oxygen atoms in total. The molecular weight excluding hydrogens is 320 g/mol. The zero-order valence-electron chi connectivity index (χ0n) is 14.4.